The number of aryl methyl sites for hydroxylation is 2. The zero-order chi connectivity index (χ0) is 10.5. The van der Waals surface area contributed by atoms with Crippen molar-refractivity contribution in [1.29, 1.82) is 0 Å². The van der Waals surface area contributed by atoms with Crippen molar-refractivity contribution in [2.24, 2.45) is 0 Å². The molecule has 2 aromatic rings. The van der Waals surface area contributed by atoms with Gasteiger partial charge in [0.05, 0.1) is 0 Å². The predicted octanol–water partition coefficient (Wildman–Crippen LogP) is 3.29. The molecule has 0 amide bonds. The van der Waals surface area contributed by atoms with Crippen LogP contribution in [0.4, 0.5) is 5.69 Å². The molecule has 0 atom stereocenters. The van der Waals surface area contributed by atoms with Gasteiger partial charge < -0.3 is 5.73 Å². The van der Waals surface area contributed by atoms with Gasteiger partial charge in [0.2, 0.25) is 0 Å². The van der Waals surface area contributed by atoms with Crippen LogP contribution in [0.3, 0.4) is 0 Å². The molecular formula is C13H16Cl2N2. The van der Waals surface area contributed by atoms with Gasteiger partial charge in [0.1, 0.15) is 0 Å². The molecule has 0 unspecified atom stereocenters. The van der Waals surface area contributed by atoms with Crippen molar-refractivity contribution in [2.45, 2.75) is 12.8 Å². The molecule has 0 aliphatic rings. The Kier molecular flexibility index (Phi) is 7.35. The second-order valence-electron chi connectivity index (χ2n) is 3.52. The summed E-state index contributed by atoms with van der Waals surface area (Å²) in [6.07, 6.45) is 3.71. The lowest BCUT2D eigenvalue weighted by molar-refractivity contribution is 0.916. The molecule has 0 radical (unpaired) electrons. The Bertz CT molecular complexity index is 432. The highest BCUT2D eigenvalue weighted by Gasteiger charge is 1.99. The number of pyridine rings is 1. The third-order valence-corrected chi connectivity index (χ3v) is 2.43. The van der Waals surface area contributed by atoms with E-state index in [-0.39, 0.29) is 24.8 Å². The monoisotopic (exact) mass is 270 g/mol. The van der Waals surface area contributed by atoms with Crippen molar-refractivity contribution in [3.63, 3.8) is 0 Å². The minimum Gasteiger partial charge on any atom is -0.399 e. The Morgan fingerprint density at radius 1 is 0.882 bits per heavy atom. The van der Waals surface area contributed by atoms with Crippen LogP contribution >= 0.6 is 24.8 Å². The van der Waals surface area contributed by atoms with Crippen molar-refractivity contribution in [3.05, 3.63) is 59.9 Å². The van der Waals surface area contributed by atoms with Gasteiger partial charge in [-0.2, -0.15) is 0 Å². The maximum absolute atomic E-state index is 5.86. The predicted molar refractivity (Wildman–Crippen MR) is 77.0 cm³/mol. The van der Waals surface area contributed by atoms with Crippen LogP contribution < -0.4 is 5.73 Å². The van der Waals surface area contributed by atoms with E-state index in [9.17, 15) is 0 Å². The summed E-state index contributed by atoms with van der Waals surface area (Å²) in [5.41, 5.74) is 9.04. The zero-order valence-corrected chi connectivity index (χ0v) is 11.0. The van der Waals surface area contributed by atoms with Gasteiger partial charge in [0, 0.05) is 17.6 Å². The summed E-state index contributed by atoms with van der Waals surface area (Å²) in [6, 6.07) is 14.0. The van der Waals surface area contributed by atoms with Gasteiger partial charge in [-0.15, -0.1) is 24.8 Å². The van der Waals surface area contributed by atoms with E-state index in [1.165, 1.54) is 5.56 Å². The molecule has 1 aromatic heterocycles. The quantitative estimate of drug-likeness (QED) is 0.870. The first-order chi connectivity index (χ1) is 7.36. The summed E-state index contributed by atoms with van der Waals surface area (Å²) in [7, 11) is 0. The highest BCUT2D eigenvalue weighted by Crippen LogP contribution is 2.12. The normalized spacial score (nSPS) is 8.94. The number of nitrogens with two attached hydrogens (primary N) is 1. The maximum Gasteiger partial charge on any atom is 0.0406 e. The standard InChI is InChI=1S/C13H14N2.2ClH/c14-13-7-2-1-5-11(13)8-9-12-6-3-4-10-15-12;;/h1-7,10H,8-9,14H2;2*1H. The zero-order valence-electron chi connectivity index (χ0n) is 9.37. The van der Waals surface area contributed by atoms with Crippen LogP contribution in [0, 0.1) is 0 Å². The fourth-order valence-electron chi connectivity index (χ4n) is 1.57. The van der Waals surface area contributed by atoms with Gasteiger partial charge in [-0.05, 0) is 36.6 Å². The molecule has 0 spiro atoms. The van der Waals surface area contributed by atoms with E-state index >= 15 is 0 Å². The summed E-state index contributed by atoms with van der Waals surface area (Å²) in [4.78, 5) is 4.28. The summed E-state index contributed by atoms with van der Waals surface area (Å²) in [5, 5.41) is 0. The molecule has 2 N–H and O–H groups in total. The van der Waals surface area contributed by atoms with Gasteiger partial charge in [-0.3, -0.25) is 4.98 Å². The van der Waals surface area contributed by atoms with Crippen molar-refractivity contribution in [1.82, 2.24) is 4.98 Å². The average molecular weight is 271 g/mol. The molecule has 17 heavy (non-hydrogen) atoms. The Hall–Kier alpha value is -1.25. The van der Waals surface area contributed by atoms with Crippen molar-refractivity contribution in [2.75, 3.05) is 5.73 Å². The first kappa shape index (κ1) is 15.8. The molecular weight excluding hydrogens is 255 g/mol. The summed E-state index contributed by atoms with van der Waals surface area (Å²) in [6.45, 7) is 0. The maximum atomic E-state index is 5.86. The molecule has 92 valence electrons. The molecule has 2 nitrogen and oxygen atoms in total. The number of hydrogen-bond donors (Lipinski definition) is 1. The number of hydrogen-bond acceptors (Lipinski definition) is 2. The average Bonchev–Trinajstić information content (AvgIpc) is 2.29. The third-order valence-electron chi connectivity index (χ3n) is 2.43. The van der Waals surface area contributed by atoms with Crippen LogP contribution in [-0.2, 0) is 12.8 Å². The fourth-order valence-corrected chi connectivity index (χ4v) is 1.57. The molecule has 0 aliphatic carbocycles. The third kappa shape index (κ3) is 4.63. The molecule has 0 saturated heterocycles. The molecule has 2 rings (SSSR count). The number of aromatic nitrogens is 1. The molecule has 0 bridgehead atoms. The fraction of sp³-hybridized carbons (Fsp3) is 0.154. The summed E-state index contributed by atoms with van der Waals surface area (Å²) < 4.78 is 0. The van der Waals surface area contributed by atoms with E-state index in [1.807, 2.05) is 42.6 Å². The Morgan fingerprint density at radius 3 is 2.24 bits per heavy atom. The Morgan fingerprint density at radius 2 is 1.59 bits per heavy atom. The van der Waals surface area contributed by atoms with E-state index in [1.54, 1.807) is 0 Å². The van der Waals surface area contributed by atoms with Crippen LogP contribution in [0.15, 0.2) is 48.7 Å². The van der Waals surface area contributed by atoms with E-state index in [2.05, 4.69) is 11.1 Å². The number of benzene rings is 1. The Balaban J connectivity index is 0.00000128. The number of nitrogens with zero attached hydrogens (tertiary/aromatic N) is 1. The van der Waals surface area contributed by atoms with Crippen LogP contribution in [0.1, 0.15) is 11.3 Å². The van der Waals surface area contributed by atoms with Crippen molar-refractivity contribution in [3.8, 4) is 0 Å². The minimum atomic E-state index is 0. The smallest absolute Gasteiger partial charge is 0.0406 e. The highest BCUT2D eigenvalue weighted by molar-refractivity contribution is 5.85. The number of halogens is 2. The van der Waals surface area contributed by atoms with Crippen LogP contribution in [0.5, 0.6) is 0 Å². The SMILES string of the molecule is Cl.Cl.Nc1ccccc1CCc1ccccn1. The molecule has 0 fully saturated rings. The number of rotatable bonds is 3. The van der Waals surface area contributed by atoms with E-state index < -0.39 is 0 Å². The number of para-hydroxylation sites is 1. The lowest BCUT2D eigenvalue weighted by Gasteiger charge is -2.04. The number of anilines is 1. The van der Waals surface area contributed by atoms with E-state index in [0.29, 0.717) is 0 Å². The van der Waals surface area contributed by atoms with Crippen LogP contribution in [0.25, 0.3) is 0 Å². The molecule has 0 saturated carbocycles. The lowest BCUT2D eigenvalue weighted by atomic mass is 10.1. The molecule has 4 heteroatoms. The molecule has 1 heterocycles. The van der Waals surface area contributed by atoms with Crippen molar-refractivity contribution >= 4 is 30.5 Å². The van der Waals surface area contributed by atoms with Gasteiger partial charge in [0.15, 0.2) is 0 Å². The largest absolute Gasteiger partial charge is 0.399 e. The lowest BCUT2D eigenvalue weighted by Crippen LogP contribution is -1.97. The van der Waals surface area contributed by atoms with E-state index in [4.69, 9.17) is 5.73 Å². The van der Waals surface area contributed by atoms with Gasteiger partial charge in [-0.1, -0.05) is 24.3 Å². The summed E-state index contributed by atoms with van der Waals surface area (Å²) in [5.74, 6) is 0. The summed E-state index contributed by atoms with van der Waals surface area (Å²) >= 11 is 0. The first-order valence-electron chi connectivity index (χ1n) is 5.09. The van der Waals surface area contributed by atoms with Crippen LogP contribution in [0.2, 0.25) is 0 Å². The van der Waals surface area contributed by atoms with Crippen molar-refractivity contribution < 1.29 is 0 Å². The number of nitrogen functional groups attached to an aromatic ring is 1. The first-order valence-corrected chi connectivity index (χ1v) is 5.09. The second-order valence-corrected chi connectivity index (χ2v) is 3.52. The van der Waals surface area contributed by atoms with Crippen LogP contribution in [-0.4, -0.2) is 4.98 Å². The minimum absolute atomic E-state index is 0. The second kappa shape index (κ2) is 7.93. The van der Waals surface area contributed by atoms with Gasteiger partial charge in [-0.25, -0.2) is 0 Å². The Labute approximate surface area is 114 Å². The van der Waals surface area contributed by atoms with E-state index in [0.717, 1.165) is 24.2 Å². The highest BCUT2D eigenvalue weighted by atomic mass is 35.5. The topological polar surface area (TPSA) is 38.9 Å². The molecule has 1 aromatic carbocycles. The van der Waals surface area contributed by atoms with Gasteiger partial charge in [0.25, 0.3) is 0 Å². The molecule has 0 aliphatic heterocycles. The van der Waals surface area contributed by atoms with Gasteiger partial charge >= 0.3 is 0 Å².